The summed E-state index contributed by atoms with van der Waals surface area (Å²) in [7, 11) is 0. The zero-order valence-corrected chi connectivity index (χ0v) is 18.1. The highest BCUT2D eigenvalue weighted by Gasteiger charge is 2.21. The first-order valence-corrected chi connectivity index (χ1v) is 11.6. The van der Waals surface area contributed by atoms with Crippen molar-refractivity contribution < 1.29 is 0 Å². The van der Waals surface area contributed by atoms with E-state index in [0.29, 0.717) is 6.04 Å². The molecule has 160 valence electrons. The minimum Gasteiger partial charge on any atom is -0.367 e. The normalized spacial score (nSPS) is 18.3. The average molecular weight is 414 g/mol. The molecule has 1 aliphatic carbocycles. The van der Waals surface area contributed by atoms with Gasteiger partial charge < -0.3 is 10.2 Å². The lowest BCUT2D eigenvalue weighted by atomic mass is 10.2. The summed E-state index contributed by atoms with van der Waals surface area (Å²) in [5.41, 5.74) is 2.29. The molecule has 5 nitrogen and oxygen atoms in total. The van der Waals surface area contributed by atoms with Crippen molar-refractivity contribution in [2.45, 2.75) is 31.7 Å². The van der Waals surface area contributed by atoms with Gasteiger partial charge in [-0.3, -0.25) is 4.90 Å². The third kappa shape index (κ3) is 4.88. The monoisotopic (exact) mass is 413 g/mol. The van der Waals surface area contributed by atoms with Crippen molar-refractivity contribution >= 4 is 28.7 Å². The topological polar surface area (TPSA) is 44.3 Å². The van der Waals surface area contributed by atoms with Gasteiger partial charge in [0.25, 0.3) is 0 Å². The van der Waals surface area contributed by atoms with Gasteiger partial charge in [-0.15, -0.1) is 0 Å². The first kappa shape index (κ1) is 20.0. The Labute approximate surface area is 184 Å². The zero-order chi connectivity index (χ0) is 20.9. The van der Waals surface area contributed by atoms with Gasteiger partial charge in [-0.05, 0) is 30.5 Å². The Morgan fingerprint density at radius 1 is 0.871 bits per heavy atom. The van der Waals surface area contributed by atoms with Crippen LogP contribution in [0.1, 0.15) is 31.2 Å². The van der Waals surface area contributed by atoms with Crippen molar-refractivity contribution in [2.24, 2.45) is 0 Å². The van der Waals surface area contributed by atoms with Crippen LogP contribution in [0.15, 0.2) is 60.7 Å². The molecule has 3 aromatic rings. The van der Waals surface area contributed by atoms with Crippen molar-refractivity contribution in [3.8, 4) is 0 Å². The van der Waals surface area contributed by atoms with Crippen molar-refractivity contribution in [3.05, 3.63) is 66.2 Å². The Bertz CT molecular complexity index is 1020. The van der Waals surface area contributed by atoms with Crippen LogP contribution in [0.5, 0.6) is 0 Å². The van der Waals surface area contributed by atoms with E-state index < -0.39 is 0 Å². The second-order valence-electron chi connectivity index (χ2n) is 8.62. The van der Waals surface area contributed by atoms with E-state index >= 15 is 0 Å². The van der Waals surface area contributed by atoms with Gasteiger partial charge in [-0.2, -0.15) is 4.98 Å². The maximum absolute atomic E-state index is 4.99. The van der Waals surface area contributed by atoms with Crippen molar-refractivity contribution in [2.75, 3.05) is 42.9 Å². The van der Waals surface area contributed by atoms with E-state index in [0.717, 1.165) is 55.4 Å². The van der Waals surface area contributed by atoms with Crippen LogP contribution in [-0.4, -0.2) is 53.6 Å². The Kier molecular flexibility index (Phi) is 6.12. The molecule has 2 aliphatic rings. The van der Waals surface area contributed by atoms with E-state index in [1.54, 1.807) is 0 Å². The lowest BCUT2D eigenvalue weighted by Crippen LogP contribution is -2.47. The van der Waals surface area contributed by atoms with Crippen LogP contribution in [0.3, 0.4) is 0 Å². The highest BCUT2D eigenvalue weighted by molar-refractivity contribution is 5.90. The number of nitrogens with zero attached hydrogens (tertiary/aromatic N) is 4. The molecule has 0 unspecified atom stereocenters. The van der Waals surface area contributed by atoms with Gasteiger partial charge in [-0.1, -0.05) is 67.5 Å². The molecule has 1 saturated heterocycles. The smallest absolute Gasteiger partial charge is 0.227 e. The zero-order valence-electron chi connectivity index (χ0n) is 18.1. The molecular formula is C26H31N5. The van der Waals surface area contributed by atoms with Crippen LogP contribution in [0.25, 0.3) is 17.0 Å². The summed E-state index contributed by atoms with van der Waals surface area (Å²) in [4.78, 5) is 14.7. The summed E-state index contributed by atoms with van der Waals surface area (Å²) in [6, 6.07) is 19.4. The molecule has 2 aromatic carbocycles. The summed E-state index contributed by atoms with van der Waals surface area (Å²) < 4.78 is 0. The number of hydrogen-bond acceptors (Lipinski definition) is 5. The maximum atomic E-state index is 4.99. The molecule has 1 N–H and O–H groups in total. The SMILES string of the molecule is C(=C\c1ccccc1)/CN1CCN(c2nc(NC3CCCC3)c3ccccc3n2)CC1. The first-order chi connectivity index (χ1) is 15.3. The third-order valence-electron chi connectivity index (χ3n) is 6.42. The van der Waals surface area contributed by atoms with Gasteiger partial charge in [-0.25, -0.2) is 4.98 Å². The van der Waals surface area contributed by atoms with Crippen molar-refractivity contribution in [1.29, 1.82) is 0 Å². The molecule has 5 rings (SSSR count). The second kappa shape index (κ2) is 9.48. The number of fused-ring (bicyclic) bond motifs is 1. The van der Waals surface area contributed by atoms with Gasteiger partial charge in [0.05, 0.1) is 5.52 Å². The highest BCUT2D eigenvalue weighted by atomic mass is 15.3. The molecule has 2 heterocycles. The number of piperazine rings is 1. The van der Waals surface area contributed by atoms with Crippen LogP contribution in [0, 0.1) is 0 Å². The minimum atomic E-state index is 0.541. The van der Waals surface area contributed by atoms with Gasteiger partial charge in [0.1, 0.15) is 5.82 Å². The summed E-state index contributed by atoms with van der Waals surface area (Å²) in [6.45, 7) is 4.96. The molecule has 1 aliphatic heterocycles. The van der Waals surface area contributed by atoms with E-state index in [1.165, 1.54) is 31.2 Å². The third-order valence-corrected chi connectivity index (χ3v) is 6.42. The standard InChI is InChI=1S/C26H31N5/c1-2-9-21(10-3-1)11-8-16-30-17-19-31(20-18-30)26-28-24-15-7-6-14-23(24)25(29-26)27-22-12-4-5-13-22/h1-3,6-11,14-15,22H,4-5,12-13,16-20H2,(H,27,28,29)/b11-8+. The number of benzene rings is 2. The fraction of sp³-hybridized carbons (Fsp3) is 0.385. The lowest BCUT2D eigenvalue weighted by Gasteiger charge is -2.34. The van der Waals surface area contributed by atoms with Crippen LogP contribution in [0.4, 0.5) is 11.8 Å². The number of nitrogens with one attached hydrogen (secondary N) is 1. The van der Waals surface area contributed by atoms with Crippen LogP contribution >= 0.6 is 0 Å². The average Bonchev–Trinajstić information content (AvgIpc) is 3.33. The number of aromatic nitrogens is 2. The molecule has 0 radical (unpaired) electrons. The van der Waals surface area contributed by atoms with E-state index in [1.807, 2.05) is 0 Å². The first-order valence-electron chi connectivity index (χ1n) is 11.6. The lowest BCUT2D eigenvalue weighted by molar-refractivity contribution is 0.283. The number of para-hydroxylation sites is 1. The Balaban J connectivity index is 1.25. The minimum absolute atomic E-state index is 0.541. The van der Waals surface area contributed by atoms with Gasteiger partial charge in [0.2, 0.25) is 5.95 Å². The quantitative estimate of drug-likeness (QED) is 0.628. The summed E-state index contributed by atoms with van der Waals surface area (Å²) in [6.07, 6.45) is 9.58. The fourth-order valence-corrected chi connectivity index (χ4v) is 4.61. The maximum Gasteiger partial charge on any atom is 0.227 e. The molecule has 0 spiro atoms. The molecule has 2 fully saturated rings. The van der Waals surface area contributed by atoms with Gasteiger partial charge in [0.15, 0.2) is 0 Å². The summed E-state index contributed by atoms with van der Waals surface area (Å²) >= 11 is 0. The molecule has 0 bridgehead atoms. The fourth-order valence-electron chi connectivity index (χ4n) is 4.61. The second-order valence-corrected chi connectivity index (χ2v) is 8.62. The molecule has 1 aromatic heterocycles. The predicted molar refractivity (Wildman–Crippen MR) is 130 cm³/mol. The van der Waals surface area contributed by atoms with E-state index in [4.69, 9.17) is 9.97 Å². The summed E-state index contributed by atoms with van der Waals surface area (Å²) in [5, 5.41) is 4.85. The van der Waals surface area contributed by atoms with E-state index in [9.17, 15) is 0 Å². The van der Waals surface area contributed by atoms with Crippen LogP contribution < -0.4 is 10.2 Å². The number of anilines is 2. The Morgan fingerprint density at radius 2 is 1.61 bits per heavy atom. The van der Waals surface area contributed by atoms with Crippen molar-refractivity contribution in [1.82, 2.24) is 14.9 Å². The predicted octanol–water partition coefficient (Wildman–Crippen LogP) is 4.82. The van der Waals surface area contributed by atoms with E-state index in [-0.39, 0.29) is 0 Å². The molecule has 31 heavy (non-hydrogen) atoms. The summed E-state index contributed by atoms with van der Waals surface area (Å²) in [5.74, 6) is 1.86. The van der Waals surface area contributed by atoms with Gasteiger partial charge in [0, 0.05) is 44.2 Å². The molecule has 5 heteroatoms. The molecule has 0 amide bonds. The molecule has 1 saturated carbocycles. The van der Waals surface area contributed by atoms with Crippen molar-refractivity contribution in [3.63, 3.8) is 0 Å². The molecule has 0 atom stereocenters. The highest BCUT2D eigenvalue weighted by Crippen LogP contribution is 2.28. The van der Waals surface area contributed by atoms with E-state index in [2.05, 4.69) is 81.9 Å². The Hall–Kier alpha value is -2.92. The number of rotatable bonds is 6. The number of hydrogen-bond donors (Lipinski definition) is 1. The van der Waals surface area contributed by atoms with Crippen LogP contribution in [-0.2, 0) is 0 Å². The van der Waals surface area contributed by atoms with Gasteiger partial charge >= 0.3 is 0 Å². The van der Waals surface area contributed by atoms with Crippen LogP contribution in [0.2, 0.25) is 0 Å². The molecular weight excluding hydrogens is 382 g/mol. The Morgan fingerprint density at radius 3 is 2.42 bits per heavy atom. The largest absolute Gasteiger partial charge is 0.367 e.